The highest BCUT2D eigenvalue weighted by atomic mass is 15.0. The number of benzene rings is 6. The highest BCUT2D eigenvalue weighted by Crippen LogP contribution is 2.46. The van der Waals surface area contributed by atoms with E-state index in [2.05, 4.69) is 154 Å². The Morgan fingerprint density at radius 3 is 1.47 bits per heavy atom. The van der Waals surface area contributed by atoms with E-state index in [1.165, 1.54) is 21.9 Å². The van der Waals surface area contributed by atoms with Crippen LogP contribution >= 0.6 is 0 Å². The molecule has 7 aromatic rings. The fourth-order valence-corrected chi connectivity index (χ4v) is 6.84. The molecule has 0 atom stereocenters. The molecule has 3 nitrogen and oxygen atoms in total. The normalized spacial score (nSPS) is 11.8. The monoisotopic (exact) mass is 633 g/mol. The SMILES string of the molecule is [C-]#[N+]c1ccc(C#N)cc1-c1cc(-c2ccccc2)c(-n2c3ccc(C(C)(C)C)cc3c3cc(C(C)(C)C)ccc32)c(-c2ccccc2)c1. The van der Waals surface area contributed by atoms with Gasteiger partial charge in [0.25, 0.3) is 0 Å². The predicted molar refractivity (Wildman–Crippen MR) is 205 cm³/mol. The molecule has 0 amide bonds. The molecule has 7 rings (SSSR count). The molecule has 0 radical (unpaired) electrons. The molecular weight excluding hydrogens is 595 g/mol. The van der Waals surface area contributed by atoms with Gasteiger partial charge in [0.2, 0.25) is 0 Å². The van der Waals surface area contributed by atoms with Gasteiger partial charge in [-0.1, -0.05) is 126 Å². The number of aromatic nitrogens is 1. The molecule has 0 saturated heterocycles. The van der Waals surface area contributed by atoms with Gasteiger partial charge < -0.3 is 4.57 Å². The Kier molecular flexibility index (Phi) is 7.74. The van der Waals surface area contributed by atoms with Crippen molar-refractivity contribution < 1.29 is 0 Å². The van der Waals surface area contributed by atoms with Gasteiger partial charge in [-0.15, -0.1) is 0 Å². The number of hydrogen-bond donors (Lipinski definition) is 0. The number of nitriles is 1. The first-order valence-corrected chi connectivity index (χ1v) is 16.8. The third kappa shape index (κ3) is 5.69. The summed E-state index contributed by atoms with van der Waals surface area (Å²) in [5.41, 5.74) is 12.9. The van der Waals surface area contributed by atoms with Crippen LogP contribution in [0.5, 0.6) is 0 Å². The van der Waals surface area contributed by atoms with Crippen LogP contribution in [0.1, 0.15) is 58.2 Å². The second kappa shape index (κ2) is 12.0. The van der Waals surface area contributed by atoms with Crippen LogP contribution in [-0.2, 0) is 10.8 Å². The van der Waals surface area contributed by atoms with E-state index in [9.17, 15) is 5.26 Å². The first kappa shape index (κ1) is 31.7. The Morgan fingerprint density at radius 1 is 0.551 bits per heavy atom. The molecule has 0 aliphatic heterocycles. The van der Waals surface area contributed by atoms with Crippen LogP contribution in [0.4, 0.5) is 5.69 Å². The van der Waals surface area contributed by atoms with Gasteiger partial charge in [0, 0.05) is 21.9 Å². The number of rotatable bonds is 4. The fraction of sp³-hybridized carbons (Fsp3) is 0.174. The molecule has 0 fully saturated rings. The van der Waals surface area contributed by atoms with Crippen LogP contribution in [0.3, 0.4) is 0 Å². The summed E-state index contributed by atoms with van der Waals surface area (Å²) >= 11 is 0. The maximum absolute atomic E-state index is 9.82. The van der Waals surface area contributed by atoms with E-state index >= 15 is 0 Å². The Labute approximate surface area is 289 Å². The van der Waals surface area contributed by atoms with Gasteiger partial charge in [0.15, 0.2) is 5.69 Å². The summed E-state index contributed by atoms with van der Waals surface area (Å²) in [6.45, 7) is 21.6. The zero-order chi connectivity index (χ0) is 34.5. The fourth-order valence-electron chi connectivity index (χ4n) is 6.84. The van der Waals surface area contributed by atoms with Gasteiger partial charge in [-0.2, -0.15) is 5.26 Å². The molecule has 0 spiro atoms. The molecule has 0 aliphatic rings. The minimum atomic E-state index is -0.00509. The zero-order valence-corrected chi connectivity index (χ0v) is 29.0. The average molecular weight is 634 g/mol. The van der Waals surface area contributed by atoms with Gasteiger partial charge in [-0.25, -0.2) is 4.85 Å². The third-order valence-electron chi connectivity index (χ3n) is 9.56. The van der Waals surface area contributed by atoms with E-state index in [1.54, 1.807) is 12.1 Å². The van der Waals surface area contributed by atoms with E-state index in [0.29, 0.717) is 11.3 Å². The number of nitrogens with zero attached hydrogens (tertiary/aromatic N) is 3. The van der Waals surface area contributed by atoms with Gasteiger partial charge in [0.05, 0.1) is 34.9 Å². The van der Waals surface area contributed by atoms with Crippen LogP contribution < -0.4 is 0 Å². The van der Waals surface area contributed by atoms with Gasteiger partial charge in [-0.05, 0) is 86.7 Å². The van der Waals surface area contributed by atoms with Crippen LogP contribution in [0, 0.1) is 17.9 Å². The minimum Gasteiger partial charge on any atom is -0.308 e. The van der Waals surface area contributed by atoms with Crippen molar-refractivity contribution in [2.24, 2.45) is 0 Å². The highest BCUT2D eigenvalue weighted by Gasteiger charge is 2.25. The van der Waals surface area contributed by atoms with Crippen LogP contribution in [0.15, 0.2) is 127 Å². The smallest absolute Gasteiger partial charge is 0.194 e. The van der Waals surface area contributed by atoms with Crippen molar-refractivity contribution >= 4 is 27.5 Å². The Balaban J connectivity index is 1.68. The molecule has 0 N–H and O–H groups in total. The van der Waals surface area contributed by atoms with Crippen molar-refractivity contribution in [3.63, 3.8) is 0 Å². The summed E-state index contributed by atoms with van der Waals surface area (Å²) in [5, 5.41) is 12.3. The minimum absolute atomic E-state index is 0.00509. The van der Waals surface area contributed by atoms with E-state index in [-0.39, 0.29) is 10.8 Å². The summed E-state index contributed by atoms with van der Waals surface area (Å²) in [6.07, 6.45) is 0. The van der Waals surface area contributed by atoms with Gasteiger partial charge in [0.1, 0.15) is 0 Å². The van der Waals surface area contributed by atoms with Crippen LogP contribution in [-0.4, -0.2) is 4.57 Å². The summed E-state index contributed by atoms with van der Waals surface area (Å²) in [6, 6.07) is 46.9. The van der Waals surface area contributed by atoms with Gasteiger partial charge in [-0.3, -0.25) is 0 Å². The first-order chi connectivity index (χ1) is 23.5. The summed E-state index contributed by atoms with van der Waals surface area (Å²) in [4.78, 5) is 3.87. The summed E-state index contributed by atoms with van der Waals surface area (Å²) < 4.78 is 2.44. The summed E-state index contributed by atoms with van der Waals surface area (Å²) in [7, 11) is 0. The number of hydrogen-bond acceptors (Lipinski definition) is 1. The topological polar surface area (TPSA) is 33.1 Å². The molecule has 3 heteroatoms. The Bertz CT molecular complexity index is 2320. The molecule has 238 valence electrons. The van der Waals surface area contributed by atoms with Crippen LogP contribution in [0.25, 0.3) is 65.7 Å². The molecule has 49 heavy (non-hydrogen) atoms. The Morgan fingerprint density at radius 2 is 1.04 bits per heavy atom. The zero-order valence-electron chi connectivity index (χ0n) is 29.0. The van der Waals surface area contributed by atoms with Crippen molar-refractivity contribution in [1.82, 2.24) is 4.57 Å². The largest absolute Gasteiger partial charge is 0.308 e. The van der Waals surface area contributed by atoms with Crippen molar-refractivity contribution in [2.45, 2.75) is 52.4 Å². The molecule has 1 aromatic heterocycles. The van der Waals surface area contributed by atoms with Crippen molar-refractivity contribution in [1.29, 1.82) is 5.26 Å². The lowest BCUT2D eigenvalue weighted by atomic mass is 9.85. The molecule has 0 bridgehead atoms. The second-order valence-corrected chi connectivity index (χ2v) is 14.9. The molecule has 1 heterocycles. The van der Waals surface area contributed by atoms with Crippen molar-refractivity contribution in [2.75, 3.05) is 0 Å². The molecular formula is C46H39N3. The lowest BCUT2D eigenvalue weighted by molar-refractivity contribution is 0.590. The quantitative estimate of drug-likeness (QED) is 0.178. The molecule has 6 aromatic carbocycles. The third-order valence-corrected chi connectivity index (χ3v) is 9.56. The Hall–Kier alpha value is -5.90. The second-order valence-electron chi connectivity index (χ2n) is 14.9. The average Bonchev–Trinajstić information content (AvgIpc) is 3.43. The number of fused-ring (bicyclic) bond motifs is 3. The lowest BCUT2D eigenvalue weighted by Gasteiger charge is -2.22. The molecule has 0 unspecified atom stereocenters. The summed E-state index contributed by atoms with van der Waals surface area (Å²) in [5.74, 6) is 0. The van der Waals surface area contributed by atoms with Crippen molar-refractivity contribution in [3.05, 3.63) is 156 Å². The lowest BCUT2D eigenvalue weighted by Crippen LogP contribution is -2.10. The van der Waals surface area contributed by atoms with Gasteiger partial charge >= 0.3 is 0 Å². The van der Waals surface area contributed by atoms with E-state index in [0.717, 1.165) is 50.1 Å². The standard InChI is InChI=1S/C46H39N3/c1-45(2,3)34-19-22-42-39(27-34)40-28-35(46(4,5)6)20-23-43(40)49(42)44-37(31-14-10-8-11-15-31)25-33(26-38(44)32-16-12-9-13-17-32)36-24-30(29-47)18-21-41(36)48-7/h8-28H,1-6H3. The van der Waals surface area contributed by atoms with Crippen molar-refractivity contribution in [3.8, 4) is 45.1 Å². The molecule has 0 saturated carbocycles. The molecule has 0 aliphatic carbocycles. The predicted octanol–water partition coefficient (Wildman–Crippen LogP) is 12.8. The maximum Gasteiger partial charge on any atom is 0.194 e. The van der Waals surface area contributed by atoms with E-state index in [4.69, 9.17) is 6.57 Å². The van der Waals surface area contributed by atoms with E-state index in [1.807, 2.05) is 18.2 Å². The van der Waals surface area contributed by atoms with Crippen LogP contribution in [0.2, 0.25) is 0 Å². The highest BCUT2D eigenvalue weighted by molar-refractivity contribution is 6.11. The first-order valence-electron chi connectivity index (χ1n) is 16.8. The maximum atomic E-state index is 9.82. The van der Waals surface area contributed by atoms with E-state index < -0.39 is 0 Å².